The molecule has 3 heterocycles. The summed E-state index contributed by atoms with van der Waals surface area (Å²) in [7, 11) is 0. The van der Waals surface area contributed by atoms with Crippen molar-refractivity contribution in [2.75, 3.05) is 18.0 Å². The monoisotopic (exact) mass is 361 g/mol. The van der Waals surface area contributed by atoms with E-state index in [2.05, 4.69) is 25.0 Å². The van der Waals surface area contributed by atoms with Crippen LogP contribution in [0.5, 0.6) is 0 Å². The number of aromatic nitrogens is 3. The number of nitrogens with one attached hydrogen (secondary N) is 1. The van der Waals surface area contributed by atoms with E-state index in [9.17, 15) is 4.79 Å². The van der Waals surface area contributed by atoms with Crippen LogP contribution in [0.15, 0.2) is 28.0 Å². The van der Waals surface area contributed by atoms with E-state index >= 15 is 0 Å². The Kier molecular flexibility index (Phi) is 4.70. The van der Waals surface area contributed by atoms with E-state index in [1.807, 2.05) is 19.1 Å². The maximum atomic E-state index is 12.3. The molecule has 2 fully saturated rings. The van der Waals surface area contributed by atoms with Crippen molar-refractivity contribution in [2.45, 2.75) is 55.6 Å². The molecule has 0 aromatic carbocycles. The van der Waals surface area contributed by atoms with Gasteiger partial charge < -0.3 is 14.6 Å². The number of rotatable bonds is 7. The SMILES string of the molecule is C[C@@H](Sc1nnc(N2CCCC2)n1Cc1ccco1)C(=O)NC1CC1. The summed E-state index contributed by atoms with van der Waals surface area (Å²) in [4.78, 5) is 14.5. The standard InChI is InChI=1S/C17H23N5O2S/c1-12(15(23)18-13-6-7-13)25-17-20-19-16(21-8-2-3-9-21)22(17)11-14-5-4-10-24-14/h4-5,10,12-13H,2-3,6-9,11H2,1H3,(H,18,23)/t12-/m1/s1. The summed E-state index contributed by atoms with van der Waals surface area (Å²) in [6.45, 7) is 4.49. The molecule has 2 aliphatic rings. The van der Waals surface area contributed by atoms with Crippen molar-refractivity contribution in [1.82, 2.24) is 20.1 Å². The summed E-state index contributed by atoms with van der Waals surface area (Å²) >= 11 is 1.46. The van der Waals surface area contributed by atoms with Crippen LogP contribution < -0.4 is 10.2 Å². The molecule has 2 aromatic rings. The second-order valence-electron chi connectivity index (χ2n) is 6.69. The molecule has 1 saturated heterocycles. The number of hydrogen-bond donors (Lipinski definition) is 1. The molecule has 8 heteroatoms. The van der Waals surface area contributed by atoms with Gasteiger partial charge in [-0.15, -0.1) is 10.2 Å². The lowest BCUT2D eigenvalue weighted by atomic mass is 10.4. The summed E-state index contributed by atoms with van der Waals surface area (Å²) in [5.74, 6) is 1.80. The molecule has 1 N–H and O–H groups in total. The van der Waals surface area contributed by atoms with Gasteiger partial charge >= 0.3 is 0 Å². The minimum Gasteiger partial charge on any atom is -0.467 e. The third kappa shape index (κ3) is 3.84. The van der Waals surface area contributed by atoms with E-state index in [4.69, 9.17) is 4.42 Å². The van der Waals surface area contributed by atoms with Crippen LogP contribution in [-0.2, 0) is 11.3 Å². The third-order valence-corrected chi connectivity index (χ3v) is 5.64. The Balaban J connectivity index is 1.54. The van der Waals surface area contributed by atoms with Gasteiger partial charge in [-0.25, -0.2) is 0 Å². The van der Waals surface area contributed by atoms with Gasteiger partial charge in [-0.1, -0.05) is 11.8 Å². The number of anilines is 1. The zero-order valence-corrected chi connectivity index (χ0v) is 15.2. The molecule has 1 amide bonds. The molecule has 2 aromatic heterocycles. The van der Waals surface area contributed by atoms with Crippen molar-refractivity contribution in [3.8, 4) is 0 Å². The summed E-state index contributed by atoms with van der Waals surface area (Å²) in [6, 6.07) is 4.20. The third-order valence-electron chi connectivity index (χ3n) is 4.56. The Labute approximate surface area is 151 Å². The molecule has 1 saturated carbocycles. The van der Waals surface area contributed by atoms with Crippen LogP contribution in [0.25, 0.3) is 0 Å². The van der Waals surface area contributed by atoms with Crippen LogP contribution in [0.2, 0.25) is 0 Å². The summed E-state index contributed by atoms with van der Waals surface area (Å²) in [6.07, 6.45) is 6.22. The highest BCUT2D eigenvalue weighted by Gasteiger charge is 2.28. The maximum Gasteiger partial charge on any atom is 0.233 e. The number of amides is 1. The molecule has 1 aliphatic heterocycles. The lowest BCUT2D eigenvalue weighted by Gasteiger charge is -2.18. The molecule has 0 spiro atoms. The Morgan fingerprint density at radius 3 is 2.88 bits per heavy atom. The van der Waals surface area contributed by atoms with E-state index in [0.717, 1.165) is 42.8 Å². The van der Waals surface area contributed by atoms with Crippen LogP contribution in [0.3, 0.4) is 0 Å². The van der Waals surface area contributed by atoms with Gasteiger partial charge in [-0.05, 0) is 44.7 Å². The van der Waals surface area contributed by atoms with Gasteiger partial charge in [-0.3, -0.25) is 9.36 Å². The van der Waals surface area contributed by atoms with Crippen molar-refractivity contribution in [3.05, 3.63) is 24.2 Å². The average molecular weight is 361 g/mol. The Morgan fingerprint density at radius 1 is 1.40 bits per heavy atom. The summed E-state index contributed by atoms with van der Waals surface area (Å²) in [5, 5.41) is 12.4. The first-order valence-corrected chi connectivity index (χ1v) is 9.76. The lowest BCUT2D eigenvalue weighted by molar-refractivity contribution is -0.120. The number of nitrogens with zero attached hydrogens (tertiary/aromatic N) is 4. The fourth-order valence-electron chi connectivity index (χ4n) is 2.97. The predicted octanol–water partition coefficient (Wildman–Crippen LogP) is 2.28. The zero-order valence-electron chi connectivity index (χ0n) is 14.4. The Bertz CT molecular complexity index is 719. The van der Waals surface area contributed by atoms with Gasteiger partial charge in [0.15, 0.2) is 5.16 Å². The molecule has 0 bridgehead atoms. The van der Waals surface area contributed by atoms with E-state index in [0.29, 0.717) is 12.6 Å². The fourth-order valence-corrected chi connectivity index (χ4v) is 3.83. The van der Waals surface area contributed by atoms with Crippen molar-refractivity contribution in [1.29, 1.82) is 0 Å². The molecule has 25 heavy (non-hydrogen) atoms. The van der Waals surface area contributed by atoms with Gasteiger partial charge in [0.25, 0.3) is 0 Å². The summed E-state index contributed by atoms with van der Waals surface area (Å²) in [5.41, 5.74) is 0. The Morgan fingerprint density at radius 2 is 2.20 bits per heavy atom. The van der Waals surface area contributed by atoms with Crippen molar-refractivity contribution >= 4 is 23.6 Å². The highest BCUT2D eigenvalue weighted by atomic mass is 32.2. The number of carbonyl (C=O) groups is 1. The molecule has 134 valence electrons. The number of carbonyl (C=O) groups excluding carboxylic acids is 1. The van der Waals surface area contributed by atoms with Crippen molar-refractivity contribution < 1.29 is 9.21 Å². The van der Waals surface area contributed by atoms with Crippen LogP contribution in [0.4, 0.5) is 5.95 Å². The number of thioether (sulfide) groups is 1. The second-order valence-corrected chi connectivity index (χ2v) is 7.99. The molecular weight excluding hydrogens is 338 g/mol. The van der Waals surface area contributed by atoms with Gasteiger partial charge in [0.1, 0.15) is 5.76 Å². The molecule has 0 unspecified atom stereocenters. The minimum absolute atomic E-state index is 0.0720. The lowest BCUT2D eigenvalue weighted by Crippen LogP contribution is -2.32. The van der Waals surface area contributed by atoms with Crippen LogP contribution in [0, 0.1) is 0 Å². The van der Waals surface area contributed by atoms with Crippen molar-refractivity contribution in [3.63, 3.8) is 0 Å². The predicted molar refractivity (Wildman–Crippen MR) is 95.8 cm³/mol. The van der Waals surface area contributed by atoms with E-state index < -0.39 is 0 Å². The Hall–Kier alpha value is -1.96. The largest absolute Gasteiger partial charge is 0.467 e. The smallest absolute Gasteiger partial charge is 0.233 e. The first kappa shape index (κ1) is 16.5. The number of furan rings is 1. The number of hydrogen-bond acceptors (Lipinski definition) is 6. The molecule has 1 aliphatic carbocycles. The fraction of sp³-hybridized carbons (Fsp3) is 0.588. The zero-order chi connectivity index (χ0) is 17.2. The van der Waals surface area contributed by atoms with Gasteiger partial charge in [0.05, 0.1) is 18.1 Å². The average Bonchev–Trinajstić information content (AvgIpc) is 3.03. The van der Waals surface area contributed by atoms with Gasteiger partial charge in [0, 0.05) is 19.1 Å². The second kappa shape index (κ2) is 7.11. The van der Waals surface area contributed by atoms with E-state index in [-0.39, 0.29) is 11.2 Å². The first-order valence-electron chi connectivity index (χ1n) is 8.88. The maximum absolute atomic E-state index is 12.3. The van der Waals surface area contributed by atoms with Gasteiger partial charge in [0.2, 0.25) is 11.9 Å². The van der Waals surface area contributed by atoms with Crippen LogP contribution in [-0.4, -0.2) is 45.1 Å². The summed E-state index contributed by atoms with van der Waals surface area (Å²) < 4.78 is 7.57. The molecule has 0 radical (unpaired) electrons. The topological polar surface area (TPSA) is 76.2 Å². The van der Waals surface area contributed by atoms with Crippen molar-refractivity contribution in [2.24, 2.45) is 0 Å². The first-order chi connectivity index (χ1) is 12.2. The molecular formula is C17H23N5O2S. The highest BCUT2D eigenvalue weighted by molar-refractivity contribution is 8.00. The normalized spacial score (nSPS) is 18.5. The molecule has 1 atom stereocenters. The highest BCUT2D eigenvalue weighted by Crippen LogP contribution is 2.29. The van der Waals surface area contributed by atoms with E-state index in [1.54, 1.807) is 6.26 Å². The van der Waals surface area contributed by atoms with Gasteiger partial charge in [-0.2, -0.15) is 0 Å². The molecule has 4 rings (SSSR count). The molecule has 7 nitrogen and oxygen atoms in total. The van der Waals surface area contributed by atoms with Crippen LogP contribution >= 0.6 is 11.8 Å². The quantitative estimate of drug-likeness (QED) is 0.763. The minimum atomic E-state index is -0.202. The van der Waals surface area contributed by atoms with Crippen LogP contribution in [0.1, 0.15) is 38.4 Å². The van der Waals surface area contributed by atoms with E-state index in [1.165, 1.54) is 24.6 Å².